The zero-order valence-electron chi connectivity index (χ0n) is 68.8. The molecule has 0 bridgehead atoms. The van der Waals surface area contributed by atoms with Crippen LogP contribution in [0.25, 0.3) is 0 Å². The maximum absolute atomic E-state index is 13.1. The number of unbranched alkanes of at least 4 members (excludes halogenated alkanes) is 35. The largest absolute Gasteiger partial charge is 0.469 e. The Labute approximate surface area is 633 Å². The Hall–Kier alpha value is -3.46. The van der Waals surface area contributed by atoms with Crippen molar-refractivity contribution < 1.29 is 57.2 Å². The minimum atomic E-state index is -0.274. The maximum Gasteiger partial charge on any atom is 0.307 e. The second kappa shape index (κ2) is 76.7. The molecule has 0 amide bonds. The summed E-state index contributed by atoms with van der Waals surface area (Å²) in [6, 6.07) is 0. The van der Waals surface area contributed by atoms with Crippen molar-refractivity contribution in [3.05, 3.63) is 0 Å². The molecule has 0 aliphatic rings. The third-order valence-corrected chi connectivity index (χ3v) is 20.1. The Kier molecular flexibility index (Phi) is 74.1. The highest BCUT2D eigenvalue weighted by molar-refractivity contribution is 5.71. The van der Waals surface area contributed by atoms with Crippen LogP contribution in [0.5, 0.6) is 0 Å². The van der Waals surface area contributed by atoms with Crippen LogP contribution in [0.3, 0.4) is 0 Å². The standard InChI is InChI=1S/C84H165N7O12/c1-10-15-20-25-30-35-40-45-74-99-80(93)51-57-88(56-50-79(92)98-9)68-62-85(6)65-71-91(72-66-86(7)63-69-89(58-52-81(94)100-75-46-41-36-31-26-21-16-11-2)59-53-82(95)101-76-47-42-37-32-27-22-17-12-3)73-67-87(8)64-70-90(60-54-83(96)102-77-48-43-38-33-28-23-18-13-4)61-55-84(97)103-78-49-44-39-34-29-24-19-14-5/h10-78H2,1-9H3. The van der Waals surface area contributed by atoms with Gasteiger partial charge < -0.3 is 57.8 Å². The SMILES string of the molecule is CCCCCCCCCCOC(=O)CCN(CCC(=O)OC)CCN(C)CCN(CCN(C)CCN(CCC(=O)OCCCCCCCCCC)CCC(=O)OCCCCCCCCCC)CCN(C)CCN(CCC(=O)OCCCCCCCCCC)CCC(=O)OCCCCCCCCCC. The first-order valence-corrected chi connectivity index (χ1v) is 43.0. The molecule has 19 heteroatoms. The van der Waals surface area contributed by atoms with Gasteiger partial charge in [0.25, 0.3) is 0 Å². The smallest absolute Gasteiger partial charge is 0.307 e. The van der Waals surface area contributed by atoms with Crippen LogP contribution in [0.15, 0.2) is 0 Å². The van der Waals surface area contributed by atoms with Gasteiger partial charge in [0.15, 0.2) is 0 Å². The fraction of sp³-hybridized carbons (Fsp3) is 0.929. The summed E-state index contributed by atoms with van der Waals surface area (Å²) < 4.78 is 33.5. The normalized spacial score (nSPS) is 11.8. The van der Waals surface area contributed by atoms with Crippen molar-refractivity contribution in [3.8, 4) is 0 Å². The minimum Gasteiger partial charge on any atom is -0.469 e. The second-order valence-corrected chi connectivity index (χ2v) is 29.8. The Morgan fingerprint density at radius 2 is 0.340 bits per heavy atom. The molecule has 0 unspecified atom stereocenters. The van der Waals surface area contributed by atoms with E-state index in [1.54, 1.807) is 0 Å². The minimum absolute atomic E-state index is 0.191. The topological polar surface area (TPSA) is 180 Å². The van der Waals surface area contributed by atoms with Crippen LogP contribution in [0.1, 0.15) is 330 Å². The summed E-state index contributed by atoms with van der Waals surface area (Å²) >= 11 is 0. The monoisotopic (exact) mass is 1460 g/mol. The van der Waals surface area contributed by atoms with Gasteiger partial charge in [0.1, 0.15) is 0 Å². The molecule has 0 atom stereocenters. The van der Waals surface area contributed by atoms with Gasteiger partial charge in [0.2, 0.25) is 0 Å². The second-order valence-electron chi connectivity index (χ2n) is 29.8. The Morgan fingerprint density at radius 1 is 0.194 bits per heavy atom. The first-order valence-electron chi connectivity index (χ1n) is 43.0. The Morgan fingerprint density at radius 3 is 0.505 bits per heavy atom. The van der Waals surface area contributed by atoms with Gasteiger partial charge in [-0.25, -0.2) is 0 Å². The van der Waals surface area contributed by atoms with E-state index in [0.29, 0.717) is 91.9 Å². The van der Waals surface area contributed by atoms with Crippen molar-refractivity contribution in [2.24, 2.45) is 0 Å². The number of carbonyl (C=O) groups is 6. The molecule has 0 aromatic carbocycles. The van der Waals surface area contributed by atoms with Crippen LogP contribution in [-0.2, 0) is 57.2 Å². The zero-order valence-corrected chi connectivity index (χ0v) is 68.8. The fourth-order valence-electron chi connectivity index (χ4n) is 12.6. The summed E-state index contributed by atoms with van der Waals surface area (Å²) in [5, 5.41) is 0. The highest BCUT2D eigenvalue weighted by Gasteiger charge is 2.19. The van der Waals surface area contributed by atoms with E-state index < -0.39 is 0 Å². The van der Waals surface area contributed by atoms with Crippen molar-refractivity contribution >= 4 is 35.8 Å². The molecule has 0 saturated carbocycles. The van der Waals surface area contributed by atoms with Crippen molar-refractivity contribution in [1.82, 2.24) is 34.3 Å². The molecule has 0 aromatic heterocycles. The van der Waals surface area contributed by atoms with Gasteiger partial charge in [-0.3, -0.25) is 33.7 Å². The molecule has 19 nitrogen and oxygen atoms in total. The zero-order chi connectivity index (χ0) is 75.5. The lowest BCUT2D eigenvalue weighted by Crippen LogP contribution is -2.44. The van der Waals surface area contributed by atoms with E-state index in [2.05, 4.69) is 90.1 Å². The summed E-state index contributed by atoms with van der Waals surface area (Å²) in [5.74, 6) is -1.24. The maximum atomic E-state index is 13.1. The molecular formula is C84H165N7O12. The molecule has 0 fully saturated rings. The van der Waals surface area contributed by atoms with E-state index in [4.69, 9.17) is 28.4 Å². The summed E-state index contributed by atoms with van der Waals surface area (Å²) in [6.45, 7) is 25.6. The number of carbonyl (C=O) groups excluding carboxylic acids is 6. The first-order chi connectivity index (χ1) is 50.2. The number of methoxy groups -OCH3 is 1. The molecule has 0 spiro atoms. The number of ether oxygens (including phenoxy) is 6. The fourth-order valence-corrected chi connectivity index (χ4v) is 12.6. The molecule has 0 radical (unpaired) electrons. The summed E-state index contributed by atoms with van der Waals surface area (Å²) in [5.41, 5.74) is 0. The van der Waals surface area contributed by atoms with E-state index in [1.165, 1.54) is 200 Å². The quantitative estimate of drug-likeness (QED) is 0.0318. The molecule has 0 aliphatic carbocycles. The number of hydrogen-bond acceptors (Lipinski definition) is 19. The van der Waals surface area contributed by atoms with Gasteiger partial charge in [0.05, 0.1) is 78.7 Å². The predicted octanol–water partition coefficient (Wildman–Crippen LogP) is 16.9. The highest BCUT2D eigenvalue weighted by Crippen LogP contribution is 2.15. The van der Waals surface area contributed by atoms with Crippen molar-refractivity contribution in [3.63, 3.8) is 0 Å². The first kappa shape index (κ1) is 99.5. The van der Waals surface area contributed by atoms with Crippen LogP contribution < -0.4 is 0 Å². The molecule has 608 valence electrons. The average Bonchev–Trinajstić information content (AvgIpc) is 1.29. The highest BCUT2D eigenvalue weighted by atomic mass is 16.5. The van der Waals surface area contributed by atoms with Gasteiger partial charge in [-0.15, -0.1) is 0 Å². The molecule has 0 aromatic rings. The van der Waals surface area contributed by atoms with Gasteiger partial charge in [-0.05, 0) is 53.2 Å². The van der Waals surface area contributed by atoms with Crippen LogP contribution in [0, 0.1) is 0 Å². The lowest BCUT2D eigenvalue weighted by Gasteiger charge is -2.31. The molecule has 103 heavy (non-hydrogen) atoms. The predicted molar refractivity (Wildman–Crippen MR) is 426 cm³/mol. The third kappa shape index (κ3) is 71.2. The number of esters is 6. The summed E-state index contributed by atoms with van der Waals surface area (Å²) in [6.07, 6.45) is 48.9. The van der Waals surface area contributed by atoms with E-state index in [1.807, 2.05) is 0 Å². The molecule has 0 aliphatic heterocycles. The lowest BCUT2D eigenvalue weighted by molar-refractivity contribution is -0.146. The number of nitrogens with zero attached hydrogens (tertiary/aromatic N) is 7. The summed E-state index contributed by atoms with van der Waals surface area (Å²) in [4.78, 5) is 93.9. The van der Waals surface area contributed by atoms with Crippen LogP contribution in [0.2, 0.25) is 0 Å². The molecular weight excluding hydrogens is 1300 g/mol. The number of hydrogen-bond donors (Lipinski definition) is 0. The van der Waals surface area contributed by atoms with Gasteiger partial charge in [-0.2, -0.15) is 0 Å². The van der Waals surface area contributed by atoms with Gasteiger partial charge >= 0.3 is 35.8 Å². The van der Waals surface area contributed by atoms with E-state index in [9.17, 15) is 28.8 Å². The van der Waals surface area contributed by atoms with Crippen LogP contribution >= 0.6 is 0 Å². The lowest BCUT2D eigenvalue weighted by atomic mass is 10.1. The summed E-state index contributed by atoms with van der Waals surface area (Å²) in [7, 11) is 7.83. The van der Waals surface area contributed by atoms with E-state index >= 15 is 0 Å². The van der Waals surface area contributed by atoms with E-state index in [-0.39, 0.29) is 74.3 Å². The third-order valence-electron chi connectivity index (χ3n) is 20.1. The Bertz CT molecular complexity index is 1750. The average molecular weight is 1470 g/mol. The van der Waals surface area contributed by atoms with Crippen molar-refractivity contribution in [2.75, 3.05) is 179 Å². The Balaban J connectivity index is 6.24. The molecule has 0 N–H and O–H groups in total. The van der Waals surface area contributed by atoms with E-state index in [0.717, 1.165) is 123 Å². The van der Waals surface area contributed by atoms with Crippen LogP contribution in [0.4, 0.5) is 0 Å². The molecule has 0 rings (SSSR count). The van der Waals surface area contributed by atoms with Crippen molar-refractivity contribution in [1.29, 1.82) is 0 Å². The van der Waals surface area contributed by atoms with Gasteiger partial charge in [0, 0.05) is 118 Å². The molecule has 0 saturated heterocycles. The number of rotatable bonds is 81. The van der Waals surface area contributed by atoms with Crippen molar-refractivity contribution in [2.45, 2.75) is 330 Å². The van der Waals surface area contributed by atoms with Gasteiger partial charge in [-0.1, -0.05) is 259 Å². The number of likely N-dealkylation sites (N-methyl/N-ethyl adjacent to an activating group) is 3. The molecule has 0 heterocycles. The van der Waals surface area contributed by atoms with Crippen LogP contribution in [-0.4, -0.2) is 249 Å².